The van der Waals surface area contributed by atoms with Crippen molar-refractivity contribution in [1.29, 1.82) is 0 Å². The summed E-state index contributed by atoms with van der Waals surface area (Å²) in [4.78, 5) is 34.6. The van der Waals surface area contributed by atoms with Crippen LogP contribution in [0.5, 0.6) is 0 Å². The number of anilines is 2. The summed E-state index contributed by atoms with van der Waals surface area (Å²) >= 11 is 0. The lowest BCUT2D eigenvalue weighted by Crippen LogP contribution is -2.37. The fourth-order valence-corrected chi connectivity index (χ4v) is 7.48. The van der Waals surface area contributed by atoms with Gasteiger partial charge < -0.3 is 24.3 Å². The van der Waals surface area contributed by atoms with Gasteiger partial charge in [-0.05, 0) is 68.6 Å². The number of ketones is 1. The van der Waals surface area contributed by atoms with Crippen LogP contribution in [0.3, 0.4) is 0 Å². The van der Waals surface area contributed by atoms with E-state index in [2.05, 4.69) is 10.3 Å². The molecule has 51 heavy (non-hydrogen) atoms. The number of fused-ring (bicyclic) bond motifs is 4. The number of likely N-dealkylation sites (tertiary alicyclic amines) is 1. The number of nitrogens with zero attached hydrogens (tertiary/aromatic N) is 5. The number of nitrogens with one attached hydrogen (secondary N) is 1. The molecule has 14 heteroatoms. The topological polar surface area (TPSA) is 95.1 Å². The van der Waals surface area contributed by atoms with E-state index in [4.69, 9.17) is 0 Å². The molecule has 5 aromatic rings. The van der Waals surface area contributed by atoms with Gasteiger partial charge in [-0.2, -0.15) is 13.2 Å². The number of benzene rings is 2. The molecule has 2 aliphatic heterocycles. The number of imidazole rings is 1. The maximum absolute atomic E-state index is 15.3. The second-order valence-electron chi connectivity index (χ2n) is 13.2. The summed E-state index contributed by atoms with van der Waals surface area (Å²) in [7, 11) is 3.32. The van der Waals surface area contributed by atoms with Gasteiger partial charge in [-0.1, -0.05) is 12.1 Å². The number of likely N-dealkylation sites (N-methyl/N-ethyl adjacent to an activating group) is 1. The fourth-order valence-electron chi connectivity index (χ4n) is 7.48. The molecule has 5 heterocycles. The largest absolute Gasteiger partial charge is 0.417 e. The Morgan fingerprint density at radius 2 is 1.86 bits per heavy atom. The standard InChI is InChI=1S/C37H35F5N6O3/c1-20(49)27-8-5-11-47(27)12-6-9-30(50)44-32-25(38)15-22(16-26(32)39)36(51)29-17-21-10-14-45(2)35-31(23-7-4-13-48(29)34(21)23)24(37(40,41)42)18-28-33(35)43-19-46(28)3/h4,6-7,9,13,15-20,27,49H,5,8,10-12,14H2,1-3H3,(H,44,50)/b9-6+/t20-,27-/m0/s1. The summed E-state index contributed by atoms with van der Waals surface area (Å²) < 4.78 is 77.9. The van der Waals surface area contributed by atoms with Crippen LogP contribution in [-0.4, -0.2) is 74.5 Å². The number of alkyl halides is 3. The number of aliphatic hydroxyl groups is 1. The van der Waals surface area contributed by atoms with Crippen molar-refractivity contribution >= 4 is 39.6 Å². The number of hydrogen-bond donors (Lipinski definition) is 2. The Labute approximate surface area is 289 Å². The molecule has 7 rings (SSSR count). The first-order chi connectivity index (χ1) is 24.2. The summed E-state index contributed by atoms with van der Waals surface area (Å²) in [5.74, 6) is -3.87. The Bertz CT molecular complexity index is 2210. The van der Waals surface area contributed by atoms with Crippen molar-refractivity contribution in [3.63, 3.8) is 0 Å². The molecule has 1 amide bonds. The van der Waals surface area contributed by atoms with Crippen LogP contribution in [0.25, 0.3) is 27.7 Å². The number of carbonyl (C=O) groups excluding carboxylic acids is 2. The molecular weight excluding hydrogens is 671 g/mol. The molecule has 9 nitrogen and oxygen atoms in total. The zero-order valence-corrected chi connectivity index (χ0v) is 28.1. The molecule has 0 aliphatic carbocycles. The smallest absolute Gasteiger partial charge is 0.392 e. The van der Waals surface area contributed by atoms with E-state index in [1.807, 2.05) is 4.90 Å². The van der Waals surface area contributed by atoms with Gasteiger partial charge in [0.05, 0.1) is 40.4 Å². The molecule has 0 bridgehead atoms. The molecule has 0 spiro atoms. The van der Waals surface area contributed by atoms with E-state index in [0.717, 1.165) is 43.7 Å². The van der Waals surface area contributed by atoms with Gasteiger partial charge in [-0.3, -0.25) is 14.5 Å². The lowest BCUT2D eigenvalue weighted by atomic mass is 9.92. The van der Waals surface area contributed by atoms with Crippen LogP contribution in [0, 0.1) is 11.6 Å². The van der Waals surface area contributed by atoms with Crippen LogP contribution < -0.4 is 10.2 Å². The zero-order chi connectivity index (χ0) is 36.4. The van der Waals surface area contributed by atoms with Crippen molar-refractivity contribution < 1.29 is 36.6 Å². The average Bonchev–Trinajstić information content (AvgIpc) is 3.80. The van der Waals surface area contributed by atoms with E-state index in [9.17, 15) is 27.9 Å². The number of rotatable bonds is 7. The summed E-state index contributed by atoms with van der Waals surface area (Å²) in [6, 6.07) is 7.34. The van der Waals surface area contributed by atoms with E-state index in [0.29, 0.717) is 47.3 Å². The third kappa shape index (κ3) is 6.05. The third-order valence-corrected chi connectivity index (χ3v) is 9.90. The van der Waals surface area contributed by atoms with Crippen LogP contribution in [0.1, 0.15) is 46.9 Å². The van der Waals surface area contributed by atoms with Gasteiger partial charge in [0, 0.05) is 62.2 Å². The van der Waals surface area contributed by atoms with E-state index in [-0.39, 0.29) is 28.4 Å². The first-order valence-electron chi connectivity index (χ1n) is 16.6. The van der Waals surface area contributed by atoms with Crippen molar-refractivity contribution in [3.8, 4) is 11.1 Å². The minimum Gasteiger partial charge on any atom is -0.392 e. The van der Waals surface area contributed by atoms with Gasteiger partial charge in [0.25, 0.3) is 0 Å². The number of halogens is 5. The Hall–Kier alpha value is -5.08. The number of aryl methyl sites for hydroxylation is 1. The van der Waals surface area contributed by atoms with Crippen molar-refractivity contribution in [3.05, 3.63) is 95.1 Å². The number of aromatic nitrogens is 3. The normalized spacial score (nSPS) is 17.3. The zero-order valence-electron chi connectivity index (χ0n) is 28.1. The third-order valence-electron chi connectivity index (χ3n) is 9.90. The molecule has 2 N–H and O–H groups in total. The minimum absolute atomic E-state index is 0.0105. The van der Waals surface area contributed by atoms with Crippen molar-refractivity contribution in [2.24, 2.45) is 7.05 Å². The highest BCUT2D eigenvalue weighted by Crippen LogP contribution is 2.48. The van der Waals surface area contributed by atoms with Gasteiger partial charge in [-0.15, -0.1) is 0 Å². The first-order valence-corrected chi connectivity index (χ1v) is 16.6. The first kappa shape index (κ1) is 34.4. The van der Waals surface area contributed by atoms with E-state index in [1.54, 1.807) is 44.1 Å². The Morgan fingerprint density at radius 1 is 1.12 bits per heavy atom. The Morgan fingerprint density at radius 3 is 2.57 bits per heavy atom. The molecule has 2 atom stereocenters. The average molecular weight is 707 g/mol. The van der Waals surface area contributed by atoms with Gasteiger partial charge in [-0.25, -0.2) is 13.8 Å². The monoisotopic (exact) mass is 706 g/mol. The number of hydrogen-bond acceptors (Lipinski definition) is 6. The summed E-state index contributed by atoms with van der Waals surface area (Å²) in [5.41, 5.74) is 0.253. The molecule has 2 aromatic carbocycles. The van der Waals surface area contributed by atoms with Gasteiger partial charge in [0.15, 0.2) is 0 Å². The summed E-state index contributed by atoms with van der Waals surface area (Å²) in [6.07, 6.45) is 2.56. The molecule has 2 aliphatic rings. The predicted molar refractivity (Wildman–Crippen MR) is 183 cm³/mol. The second-order valence-corrected chi connectivity index (χ2v) is 13.2. The molecule has 1 saturated heterocycles. The Balaban J connectivity index is 1.23. The number of carbonyl (C=O) groups is 2. The highest BCUT2D eigenvalue weighted by Gasteiger charge is 2.39. The highest BCUT2D eigenvalue weighted by atomic mass is 19.4. The maximum Gasteiger partial charge on any atom is 0.417 e. The van der Waals surface area contributed by atoms with E-state index >= 15 is 8.78 Å². The van der Waals surface area contributed by atoms with Crippen LogP contribution in [0.2, 0.25) is 0 Å². The molecule has 0 saturated carbocycles. The molecule has 266 valence electrons. The molecule has 0 radical (unpaired) electrons. The maximum atomic E-state index is 15.3. The van der Waals surface area contributed by atoms with Crippen molar-refractivity contribution in [2.75, 3.05) is 36.9 Å². The molecule has 1 fully saturated rings. The molecule has 3 aromatic heterocycles. The SMILES string of the molecule is C[C@H](O)[C@@H]1CCCN1C/C=C/C(=O)Nc1c(F)cc(C(=O)c2cc3c4c(cccn24)-c2c(C(F)(F)F)cc4c(ncn4C)c2N(C)CC3)cc1F. The van der Waals surface area contributed by atoms with Crippen LogP contribution in [-0.2, 0) is 24.4 Å². The van der Waals surface area contributed by atoms with Crippen LogP contribution in [0.4, 0.5) is 33.3 Å². The summed E-state index contributed by atoms with van der Waals surface area (Å²) in [5, 5.41) is 12.1. The number of amides is 1. The van der Waals surface area contributed by atoms with Crippen molar-refractivity contribution in [1.82, 2.24) is 18.9 Å². The lowest BCUT2D eigenvalue weighted by molar-refractivity contribution is -0.137. The lowest BCUT2D eigenvalue weighted by Gasteiger charge is -2.28. The molecular formula is C37H35F5N6O3. The van der Waals surface area contributed by atoms with Gasteiger partial charge >= 0.3 is 6.18 Å². The second kappa shape index (κ2) is 12.9. The predicted octanol–water partition coefficient (Wildman–Crippen LogP) is 6.35. The minimum atomic E-state index is -4.72. The number of aliphatic hydroxyl groups excluding tert-OH is 1. The van der Waals surface area contributed by atoms with Gasteiger partial charge in [0.1, 0.15) is 22.8 Å². The van der Waals surface area contributed by atoms with Crippen LogP contribution >= 0.6 is 0 Å². The van der Waals surface area contributed by atoms with Gasteiger partial charge in [0.2, 0.25) is 11.7 Å². The Kier molecular flexibility index (Phi) is 8.70. The quantitative estimate of drug-likeness (QED) is 0.116. The van der Waals surface area contributed by atoms with Crippen LogP contribution in [0.15, 0.2) is 61.1 Å². The molecule has 0 unspecified atom stereocenters. The number of pyridine rings is 1. The summed E-state index contributed by atoms with van der Waals surface area (Å²) in [6.45, 7) is 3.14. The van der Waals surface area contributed by atoms with E-state index < -0.39 is 46.9 Å². The van der Waals surface area contributed by atoms with Crippen molar-refractivity contribution in [2.45, 2.75) is 44.5 Å². The van der Waals surface area contributed by atoms with E-state index in [1.165, 1.54) is 27.6 Å². The highest BCUT2D eigenvalue weighted by molar-refractivity contribution is 6.11. The fraction of sp³-hybridized carbons (Fsp3) is 0.324.